The molecule has 14 heavy (non-hydrogen) atoms. The van der Waals surface area contributed by atoms with E-state index < -0.39 is 0 Å². The molecule has 1 atom stereocenters. The number of hydrogen-bond donors (Lipinski definition) is 0. The Bertz CT molecular complexity index is 173. The summed E-state index contributed by atoms with van der Waals surface area (Å²) in [6.07, 6.45) is 8.36. The van der Waals surface area contributed by atoms with Gasteiger partial charge in [0.2, 0.25) is 0 Å². The molecule has 0 radical (unpaired) electrons. The van der Waals surface area contributed by atoms with Crippen molar-refractivity contribution >= 4 is 0 Å². The van der Waals surface area contributed by atoms with E-state index in [2.05, 4.69) is 37.3 Å². The molecule has 0 heterocycles. The number of hydrogen-bond acceptors (Lipinski definition) is 3. The first-order valence-corrected chi connectivity index (χ1v) is 4.85. The van der Waals surface area contributed by atoms with E-state index in [0.29, 0.717) is 6.04 Å². The van der Waals surface area contributed by atoms with E-state index in [1.165, 1.54) is 0 Å². The summed E-state index contributed by atoms with van der Waals surface area (Å²) in [4.78, 5) is 6.24. The van der Waals surface area contributed by atoms with E-state index in [1.807, 2.05) is 44.2 Å². The van der Waals surface area contributed by atoms with Gasteiger partial charge in [0, 0.05) is 53.7 Å². The van der Waals surface area contributed by atoms with Crippen molar-refractivity contribution in [2.24, 2.45) is 0 Å². The summed E-state index contributed by atoms with van der Waals surface area (Å²) in [7, 11) is 10.2. The van der Waals surface area contributed by atoms with Crippen LogP contribution in [0.4, 0.5) is 0 Å². The van der Waals surface area contributed by atoms with Crippen LogP contribution in [0.5, 0.6) is 0 Å². The molecule has 0 aromatic rings. The quantitative estimate of drug-likeness (QED) is 0.660. The summed E-state index contributed by atoms with van der Waals surface area (Å²) in [5.74, 6) is 0. The van der Waals surface area contributed by atoms with Gasteiger partial charge in [-0.25, -0.2) is 0 Å². The van der Waals surface area contributed by atoms with Gasteiger partial charge in [-0.3, -0.25) is 0 Å². The minimum Gasteiger partial charge on any atom is -0.384 e. The van der Waals surface area contributed by atoms with Crippen molar-refractivity contribution in [3.8, 4) is 0 Å². The minimum atomic E-state index is 0.411. The molecule has 82 valence electrons. The van der Waals surface area contributed by atoms with Gasteiger partial charge >= 0.3 is 0 Å². The molecule has 0 rings (SSSR count). The van der Waals surface area contributed by atoms with Gasteiger partial charge in [0.25, 0.3) is 0 Å². The number of nitrogens with zero attached hydrogens (tertiary/aromatic N) is 3. The first-order chi connectivity index (χ1) is 6.43. The SMILES string of the molecule is CC(/C=C/N(C)C)N(C)/C=C/N(C)C. The standard InChI is InChI=1S/C11H23N3/c1-11(7-8-12(2)3)14(6)10-9-13(4)5/h7-11H,1-6H3/b8-7+,10-9+. The molecule has 0 aliphatic heterocycles. The Morgan fingerprint density at radius 1 is 0.786 bits per heavy atom. The first kappa shape index (κ1) is 12.9. The lowest BCUT2D eigenvalue weighted by molar-refractivity contribution is 0.393. The zero-order valence-corrected chi connectivity index (χ0v) is 10.2. The van der Waals surface area contributed by atoms with E-state index in [9.17, 15) is 0 Å². The Hall–Kier alpha value is -1.12. The maximum atomic E-state index is 2.17. The molecule has 0 aromatic carbocycles. The van der Waals surface area contributed by atoms with Gasteiger partial charge in [0.15, 0.2) is 0 Å². The lowest BCUT2D eigenvalue weighted by atomic mass is 10.3. The van der Waals surface area contributed by atoms with Crippen LogP contribution in [-0.4, -0.2) is 56.0 Å². The Balaban J connectivity index is 4.05. The van der Waals surface area contributed by atoms with Crippen molar-refractivity contribution in [2.45, 2.75) is 13.0 Å². The molecule has 0 N–H and O–H groups in total. The van der Waals surface area contributed by atoms with Crippen LogP contribution in [0, 0.1) is 0 Å². The lowest BCUT2D eigenvalue weighted by Crippen LogP contribution is -2.22. The lowest BCUT2D eigenvalue weighted by Gasteiger charge is -2.21. The smallest absolute Gasteiger partial charge is 0.0453 e. The molecule has 0 amide bonds. The summed E-state index contributed by atoms with van der Waals surface area (Å²) >= 11 is 0. The fourth-order valence-corrected chi connectivity index (χ4v) is 0.807. The maximum Gasteiger partial charge on any atom is 0.0453 e. The second-order valence-corrected chi connectivity index (χ2v) is 3.97. The minimum absolute atomic E-state index is 0.411. The highest BCUT2D eigenvalue weighted by molar-refractivity contribution is 4.94. The molecular formula is C11H23N3. The van der Waals surface area contributed by atoms with E-state index in [0.717, 1.165) is 0 Å². The van der Waals surface area contributed by atoms with Gasteiger partial charge in [-0.2, -0.15) is 0 Å². The Kier molecular flexibility index (Phi) is 5.84. The van der Waals surface area contributed by atoms with Crippen LogP contribution in [0.3, 0.4) is 0 Å². The monoisotopic (exact) mass is 197 g/mol. The molecule has 0 aromatic heterocycles. The van der Waals surface area contributed by atoms with Crippen LogP contribution >= 0.6 is 0 Å². The van der Waals surface area contributed by atoms with Crippen LogP contribution in [0.25, 0.3) is 0 Å². The van der Waals surface area contributed by atoms with Crippen molar-refractivity contribution in [1.29, 1.82) is 0 Å². The summed E-state index contributed by atoms with van der Waals surface area (Å²) < 4.78 is 0. The van der Waals surface area contributed by atoms with Crippen LogP contribution in [-0.2, 0) is 0 Å². The Labute approximate surface area is 88.3 Å². The fraction of sp³-hybridized carbons (Fsp3) is 0.636. The highest BCUT2D eigenvalue weighted by Crippen LogP contribution is 1.98. The van der Waals surface area contributed by atoms with Crippen LogP contribution in [0.1, 0.15) is 6.92 Å². The topological polar surface area (TPSA) is 9.72 Å². The summed E-state index contributed by atoms with van der Waals surface area (Å²) in [5.41, 5.74) is 0. The normalized spacial score (nSPS) is 13.6. The van der Waals surface area contributed by atoms with Gasteiger partial charge < -0.3 is 14.7 Å². The zero-order chi connectivity index (χ0) is 11.1. The molecule has 0 bridgehead atoms. The van der Waals surface area contributed by atoms with Gasteiger partial charge in [0.05, 0.1) is 0 Å². The van der Waals surface area contributed by atoms with Gasteiger partial charge in [-0.05, 0) is 19.2 Å². The number of likely N-dealkylation sites (N-methyl/N-ethyl adjacent to an activating group) is 1. The molecule has 0 aliphatic rings. The van der Waals surface area contributed by atoms with E-state index in [1.54, 1.807) is 0 Å². The van der Waals surface area contributed by atoms with Gasteiger partial charge in [0.1, 0.15) is 0 Å². The van der Waals surface area contributed by atoms with E-state index in [4.69, 9.17) is 0 Å². The van der Waals surface area contributed by atoms with Crippen LogP contribution < -0.4 is 0 Å². The van der Waals surface area contributed by atoms with Crippen molar-refractivity contribution < 1.29 is 0 Å². The Morgan fingerprint density at radius 2 is 1.29 bits per heavy atom. The molecule has 0 aliphatic carbocycles. The van der Waals surface area contributed by atoms with E-state index >= 15 is 0 Å². The highest BCUT2D eigenvalue weighted by Gasteiger charge is 1.99. The molecule has 0 saturated heterocycles. The third kappa shape index (κ3) is 6.40. The summed E-state index contributed by atoms with van der Waals surface area (Å²) in [6.45, 7) is 2.17. The predicted octanol–water partition coefficient (Wildman–Crippen LogP) is 1.41. The Morgan fingerprint density at radius 3 is 1.71 bits per heavy atom. The van der Waals surface area contributed by atoms with Crippen molar-refractivity contribution in [3.05, 3.63) is 24.7 Å². The van der Waals surface area contributed by atoms with Crippen LogP contribution in [0.15, 0.2) is 24.7 Å². The molecule has 0 saturated carbocycles. The van der Waals surface area contributed by atoms with Crippen molar-refractivity contribution in [2.75, 3.05) is 35.2 Å². The molecule has 0 fully saturated rings. The van der Waals surface area contributed by atoms with Crippen molar-refractivity contribution in [3.63, 3.8) is 0 Å². The molecular weight excluding hydrogens is 174 g/mol. The van der Waals surface area contributed by atoms with Gasteiger partial charge in [-0.15, -0.1) is 0 Å². The van der Waals surface area contributed by atoms with E-state index in [-0.39, 0.29) is 0 Å². The summed E-state index contributed by atoms with van der Waals surface area (Å²) in [6, 6.07) is 0.411. The third-order valence-electron chi connectivity index (χ3n) is 1.91. The zero-order valence-electron chi connectivity index (χ0n) is 10.2. The molecule has 1 unspecified atom stereocenters. The van der Waals surface area contributed by atoms with Gasteiger partial charge in [-0.1, -0.05) is 0 Å². The van der Waals surface area contributed by atoms with Crippen molar-refractivity contribution in [1.82, 2.24) is 14.7 Å². The summed E-state index contributed by atoms with van der Waals surface area (Å²) in [5, 5.41) is 0. The number of rotatable bonds is 5. The average Bonchev–Trinajstić information content (AvgIpc) is 2.09. The first-order valence-electron chi connectivity index (χ1n) is 4.85. The van der Waals surface area contributed by atoms with Crippen LogP contribution in [0.2, 0.25) is 0 Å². The molecule has 0 spiro atoms. The average molecular weight is 197 g/mol. The second kappa shape index (κ2) is 6.35. The maximum absolute atomic E-state index is 2.17. The third-order valence-corrected chi connectivity index (χ3v) is 1.91. The highest BCUT2D eigenvalue weighted by atomic mass is 15.1. The largest absolute Gasteiger partial charge is 0.384 e. The fourth-order valence-electron chi connectivity index (χ4n) is 0.807. The second-order valence-electron chi connectivity index (χ2n) is 3.97. The predicted molar refractivity (Wildman–Crippen MR) is 62.9 cm³/mol. The molecule has 3 heteroatoms. The molecule has 3 nitrogen and oxygen atoms in total.